The van der Waals surface area contributed by atoms with Gasteiger partial charge in [0.05, 0.1) is 21.9 Å². The molecule has 0 N–H and O–H groups in total. The van der Waals surface area contributed by atoms with Crippen LogP contribution in [0.4, 0.5) is 5.69 Å². The third kappa shape index (κ3) is 4.23. The molecular formula is C24H27N5O4. The molecule has 1 fully saturated rings. The highest BCUT2D eigenvalue weighted by Crippen LogP contribution is 2.24. The SMILES string of the molecule is CCn1c(C(C)N2CCN(C(=O)c3ccc([N+](=O)[O-])cc3)C(C)C2)nc2ccccc2c1=O. The van der Waals surface area contributed by atoms with Gasteiger partial charge in [-0.25, -0.2) is 4.98 Å². The van der Waals surface area contributed by atoms with E-state index in [2.05, 4.69) is 4.90 Å². The third-order valence-corrected chi connectivity index (χ3v) is 6.37. The predicted molar refractivity (Wildman–Crippen MR) is 125 cm³/mol. The summed E-state index contributed by atoms with van der Waals surface area (Å²) in [6.45, 7) is 8.29. The summed E-state index contributed by atoms with van der Waals surface area (Å²) in [7, 11) is 0. The normalized spacial score (nSPS) is 17.8. The summed E-state index contributed by atoms with van der Waals surface area (Å²) in [4.78, 5) is 45.3. The molecule has 2 aromatic carbocycles. The van der Waals surface area contributed by atoms with Crippen LogP contribution in [-0.2, 0) is 6.54 Å². The number of nitrogens with zero attached hydrogens (tertiary/aromatic N) is 5. The number of para-hydroxylation sites is 1. The number of benzene rings is 2. The smallest absolute Gasteiger partial charge is 0.269 e. The molecule has 1 aromatic heterocycles. The first-order chi connectivity index (χ1) is 15.8. The Balaban J connectivity index is 1.53. The second kappa shape index (κ2) is 9.11. The summed E-state index contributed by atoms with van der Waals surface area (Å²) >= 11 is 0. The number of carbonyl (C=O) groups excluding carboxylic acids is 1. The number of amides is 1. The molecule has 0 aliphatic carbocycles. The summed E-state index contributed by atoms with van der Waals surface area (Å²) in [6, 6.07) is 12.9. The number of carbonyl (C=O) groups is 1. The monoisotopic (exact) mass is 449 g/mol. The zero-order valence-corrected chi connectivity index (χ0v) is 19.0. The molecule has 1 amide bonds. The number of hydrogen-bond donors (Lipinski definition) is 0. The molecule has 2 atom stereocenters. The molecule has 4 rings (SSSR count). The van der Waals surface area contributed by atoms with Gasteiger partial charge >= 0.3 is 0 Å². The summed E-state index contributed by atoms with van der Waals surface area (Å²) < 4.78 is 1.73. The van der Waals surface area contributed by atoms with Crippen molar-refractivity contribution in [1.82, 2.24) is 19.4 Å². The zero-order valence-electron chi connectivity index (χ0n) is 19.0. The first kappa shape index (κ1) is 22.6. The van der Waals surface area contributed by atoms with Crippen molar-refractivity contribution in [3.05, 3.63) is 80.4 Å². The summed E-state index contributed by atoms with van der Waals surface area (Å²) in [6.07, 6.45) is 0. The summed E-state index contributed by atoms with van der Waals surface area (Å²) in [5.41, 5.74) is 1.05. The van der Waals surface area contributed by atoms with E-state index in [0.717, 1.165) is 5.82 Å². The highest BCUT2D eigenvalue weighted by molar-refractivity contribution is 5.94. The van der Waals surface area contributed by atoms with E-state index < -0.39 is 4.92 Å². The third-order valence-electron chi connectivity index (χ3n) is 6.37. The topological polar surface area (TPSA) is 102 Å². The van der Waals surface area contributed by atoms with E-state index in [9.17, 15) is 19.7 Å². The summed E-state index contributed by atoms with van der Waals surface area (Å²) in [5, 5.41) is 11.5. The van der Waals surface area contributed by atoms with Crippen molar-refractivity contribution < 1.29 is 9.72 Å². The number of non-ortho nitro benzene ring substituents is 1. The van der Waals surface area contributed by atoms with Crippen LogP contribution in [0.5, 0.6) is 0 Å². The Morgan fingerprint density at radius 1 is 1.18 bits per heavy atom. The van der Waals surface area contributed by atoms with Gasteiger partial charge in [-0.3, -0.25) is 29.2 Å². The van der Waals surface area contributed by atoms with Crippen molar-refractivity contribution in [3.8, 4) is 0 Å². The molecule has 0 radical (unpaired) electrons. The van der Waals surface area contributed by atoms with E-state index in [0.29, 0.717) is 42.6 Å². The molecule has 9 nitrogen and oxygen atoms in total. The van der Waals surface area contributed by atoms with Crippen molar-refractivity contribution >= 4 is 22.5 Å². The highest BCUT2D eigenvalue weighted by Gasteiger charge is 2.32. The Hall–Kier alpha value is -3.59. The fourth-order valence-electron chi connectivity index (χ4n) is 4.50. The molecule has 1 saturated heterocycles. The molecule has 33 heavy (non-hydrogen) atoms. The molecule has 0 spiro atoms. The maximum atomic E-state index is 13.0. The largest absolute Gasteiger partial charge is 0.333 e. The minimum Gasteiger partial charge on any atom is -0.333 e. The van der Waals surface area contributed by atoms with Gasteiger partial charge in [-0.15, -0.1) is 0 Å². The van der Waals surface area contributed by atoms with Crippen molar-refractivity contribution in [1.29, 1.82) is 0 Å². The van der Waals surface area contributed by atoms with E-state index in [1.54, 1.807) is 15.5 Å². The Kier molecular flexibility index (Phi) is 6.24. The number of piperazine rings is 1. The number of hydrogen-bond acceptors (Lipinski definition) is 6. The Labute approximate surface area is 191 Å². The molecule has 2 unspecified atom stereocenters. The lowest BCUT2D eigenvalue weighted by atomic mass is 10.1. The van der Waals surface area contributed by atoms with Gasteiger partial charge in [-0.05, 0) is 45.0 Å². The first-order valence-corrected chi connectivity index (χ1v) is 11.1. The minimum atomic E-state index is -0.478. The Morgan fingerprint density at radius 2 is 1.88 bits per heavy atom. The minimum absolute atomic E-state index is 0.0371. The highest BCUT2D eigenvalue weighted by atomic mass is 16.6. The van der Waals surface area contributed by atoms with Gasteiger partial charge in [0, 0.05) is 49.9 Å². The number of nitro benzene ring substituents is 1. The van der Waals surface area contributed by atoms with E-state index in [-0.39, 0.29) is 29.2 Å². The maximum Gasteiger partial charge on any atom is 0.269 e. The van der Waals surface area contributed by atoms with Crippen LogP contribution in [-0.4, -0.2) is 55.9 Å². The molecular weight excluding hydrogens is 422 g/mol. The lowest BCUT2D eigenvalue weighted by Gasteiger charge is -2.42. The van der Waals surface area contributed by atoms with Gasteiger partial charge < -0.3 is 4.90 Å². The van der Waals surface area contributed by atoms with Crippen molar-refractivity contribution in [2.24, 2.45) is 0 Å². The van der Waals surface area contributed by atoms with Crippen LogP contribution >= 0.6 is 0 Å². The van der Waals surface area contributed by atoms with Gasteiger partial charge in [0.1, 0.15) is 5.82 Å². The molecule has 0 bridgehead atoms. The number of rotatable bonds is 5. The Bertz CT molecular complexity index is 1250. The van der Waals surface area contributed by atoms with Crippen molar-refractivity contribution in [3.63, 3.8) is 0 Å². The van der Waals surface area contributed by atoms with E-state index in [1.807, 2.05) is 39.0 Å². The molecule has 9 heteroatoms. The van der Waals surface area contributed by atoms with Crippen LogP contribution in [0.2, 0.25) is 0 Å². The lowest BCUT2D eigenvalue weighted by Crippen LogP contribution is -2.54. The average molecular weight is 450 g/mol. The fraction of sp³-hybridized carbons (Fsp3) is 0.375. The zero-order chi connectivity index (χ0) is 23.7. The van der Waals surface area contributed by atoms with E-state index >= 15 is 0 Å². The van der Waals surface area contributed by atoms with Crippen LogP contribution in [0.15, 0.2) is 53.3 Å². The molecule has 1 aliphatic rings. The van der Waals surface area contributed by atoms with E-state index in [4.69, 9.17) is 4.98 Å². The number of aromatic nitrogens is 2. The van der Waals surface area contributed by atoms with Crippen LogP contribution < -0.4 is 5.56 Å². The number of fused-ring (bicyclic) bond motifs is 1. The van der Waals surface area contributed by atoms with Crippen LogP contribution in [0, 0.1) is 10.1 Å². The van der Waals surface area contributed by atoms with Crippen molar-refractivity contribution in [2.45, 2.75) is 39.4 Å². The van der Waals surface area contributed by atoms with Crippen LogP contribution in [0.25, 0.3) is 10.9 Å². The quantitative estimate of drug-likeness (QED) is 0.438. The first-order valence-electron chi connectivity index (χ1n) is 11.1. The van der Waals surface area contributed by atoms with Gasteiger partial charge in [0.2, 0.25) is 0 Å². The number of nitro groups is 1. The summed E-state index contributed by atoms with van der Waals surface area (Å²) in [5.74, 6) is 0.586. The molecule has 172 valence electrons. The second-order valence-corrected chi connectivity index (χ2v) is 8.36. The van der Waals surface area contributed by atoms with E-state index in [1.165, 1.54) is 24.3 Å². The second-order valence-electron chi connectivity index (χ2n) is 8.36. The fourth-order valence-corrected chi connectivity index (χ4v) is 4.50. The van der Waals surface area contributed by atoms with Crippen LogP contribution in [0.1, 0.15) is 43.0 Å². The molecule has 3 aromatic rings. The molecule has 2 heterocycles. The predicted octanol–water partition coefficient (Wildman–Crippen LogP) is 3.23. The average Bonchev–Trinajstić information content (AvgIpc) is 2.83. The maximum absolute atomic E-state index is 13.0. The van der Waals surface area contributed by atoms with Gasteiger partial charge in [-0.1, -0.05) is 12.1 Å². The van der Waals surface area contributed by atoms with Crippen molar-refractivity contribution in [2.75, 3.05) is 19.6 Å². The van der Waals surface area contributed by atoms with Crippen LogP contribution in [0.3, 0.4) is 0 Å². The standard InChI is InChI=1S/C24H27N5O4/c1-4-27-22(25-21-8-6-5-7-20(21)24(27)31)17(3)26-13-14-28(16(2)15-26)23(30)18-9-11-19(12-10-18)29(32)33/h5-12,16-17H,4,13-15H2,1-3H3. The van der Waals surface area contributed by atoms with Gasteiger partial charge in [0.15, 0.2) is 0 Å². The van der Waals surface area contributed by atoms with Gasteiger partial charge in [-0.2, -0.15) is 0 Å². The lowest BCUT2D eigenvalue weighted by molar-refractivity contribution is -0.384. The van der Waals surface area contributed by atoms with Gasteiger partial charge in [0.25, 0.3) is 17.2 Å². The molecule has 0 saturated carbocycles. The molecule has 1 aliphatic heterocycles. The Morgan fingerprint density at radius 3 is 2.52 bits per heavy atom.